The third-order valence-corrected chi connectivity index (χ3v) is 3.47. The van der Waals surface area contributed by atoms with Gasteiger partial charge in [-0.25, -0.2) is 4.39 Å². The van der Waals surface area contributed by atoms with E-state index in [4.69, 9.17) is 0 Å². The zero-order valence-electron chi connectivity index (χ0n) is 7.51. The molecule has 1 aromatic rings. The van der Waals surface area contributed by atoms with Crippen molar-refractivity contribution >= 4 is 11.8 Å². The van der Waals surface area contributed by atoms with E-state index in [0.29, 0.717) is 6.04 Å². The summed E-state index contributed by atoms with van der Waals surface area (Å²) in [6.45, 7) is 0. The summed E-state index contributed by atoms with van der Waals surface area (Å²) in [5, 5.41) is 3.20. The summed E-state index contributed by atoms with van der Waals surface area (Å²) in [5.41, 5.74) is 2.00. The molecule has 0 saturated heterocycles. The highest BCUT2D eigenvalue weighted by Crippen LogP contribution is 2.32. The third kappa shape index (κ3) is 1.58. The van der Waals surface area contributed by atoms with Gasteiger partial charge in [-0.1, -0.05) is 12.1 Å². The minimum atomic E-state index is -0.0649. The molecule has 3 heteroatoms. The lowest BCUT2D eigenvalue weighted by molar-refractivity contribution is 0.593. The van der Waals surface area contributed by atoms with E-state index in [9.17, 15) is 4.39 Å². The van der Waals surface area contributed by atoms with Crippen molar-refractivity contribution in [3.05, 3.63) is 35.1 Å². The lowest BCUT2D eigenvalue weighted by atomic mass is 10.0. The predicted molar refractivity (Wildman–Crippen MR) is 54.4 cm³/mol. The molecule has 0 saturated carbocycles. The first-order valence-corrected chi connectivity index (χ1v) is 5.50. The molecular formula is C10H12FNS. The average molecular weight is 197 g/mol. The Morgan fingerprint density at radius 3 is 3.15 bits per heavy atom. The van der Waals surface area contributed by atoms with E-state index in [1.54, 1.807) is 17.8 Å². The Morgan fingerprint density at radius 1 is 1.54 bits per heavy atom. The molecule has 1 atom stereocenters. The van der Waals surface area contributed by atoms with Crippen LogP contribution in [0.15, 0.2) is 18.2 Å². The maximum atomic E-state index is 13.3. The van der Waals surface area contributed by atoms with Crippen LogP contribution in [0.2, 0.25) is 0 Å². The molecule has 0 fully saturated rings. The molecule has 1 aliphatic heterocycles. The monoisotopic (exact) mass is 197 g/mol. The zero-order chi connectivity index (χ0) is 9.26. The highest BCUT2D eigenvalue weighted by atomic mass is 32.2. The maximum absolute atomic E-state index is 13.3. The van der Waals surface area contributed by atoms with E-state index in [1.165, 1.54) is 6.07 Å². The average Bonchev–Trinajstić information content (AvgIpc) is 2.18. The van der Waals surface area contributed by atoms with Crippen molar-refractivity contribution in [1.29, 1.82) is 0 Å². The molecule has 1 nitrogen and oxygen atoms in total. The SMILES string of the molecule is CNC1CSCc2c(F)cccc21. The molecule has 0 radical (unpaired) electrons. The topological polar surface area (TPSA) is 12.0 Å². The Labute approximate surface area is 81.7 Å². The molecule has 70 valence electrons. The molecule has 13 heavy (non-hydrogen) atoms. The largest absolute Gasteiger partial charge is 0.312 e. The first-order valence-electron chi connectivity index (χ1n) is 4.35. The zero-order valence-corrected chi connectivity index (χ0v) is 8.33. The Morgan fingerprint density at radius 2 is 2.38 bits per heavy atom. The maximum Gasteiger partial charge on any atom is 0.127 e. The van der Waals surface area contributed by atoms with Gasteiger partial charge < -0.3 is 5.32 Å². The van der Waals surface area contributed by atoms with E-state index in [1.807, 2.05) is 13.1 Å². The molecular weight excluding hydrogens is 185 g/mol. The van der Waals surface area contributed by atoms with Gasteiger partial charge in [-0.05, 0) is 18.7 Å². The van der Waals surface area contributed by atoms with E-state index < -0.39 is 0 Å². The highest BCUT2D eigenvalue weighted by Gasteiger charge is 2.20. The van der Waals surface area contributed by atoms with Crippen molar-refractivity contribution in [2.75, 3.05) is 12.8 Å². The molecule has 0 spiro atoms. The second-order valence-electron chi connectivity index (χ2n) is 3.16. The molecule has 1 N–H and O–H groups in total. The quantitative estimate of drug-likeness (QED) is 0.741. The van der Waals surface area contributed by atoms with Crippen molar-refractivity contribution in [2.24, 2.45) is 0 Å². The summed E-state index contributed by atoms with van der Waals surface area (Å²) < 4.78 is 13.3. The predicted octanol–water partition coefficient (Wildman–Crippen LogP) is 2.33. The van der Waals surface area contributed by atoms with Gasteiger partial charge in [0, 0.05) is 23.1 Å². The molecule has 0 amide bonds. The van der Waals surface area contributed by atoms with Crippen LogP contribution in [0.5, 0.6) is 0 Å². The summed E-state index contributed by atoms with van der Waals surface area (Å²) >= 11 is 1.78. The highest BCUT2D eigenvalue weighted by molar-refractivity contribution is 7.98. The smallest absolute Gasteiger partial charge is 0.127 e. The normalized spacial score (nSPS) is 21.2. The van der Waals surface area contributed by atoms with Crippen molar-refractivity contribution in [2.45, 2.75) is 11.8 Å². The molecule has 1 unspecified atom stereocenters. The fourth-order valence-corrected chi connectivity index (χ4v) is 2.87. The summed E-state index contributed by atoms with van der Waals surface area (Å²) in [6.07, 6.45) is 0. The van der Waals surface area contributed by atoms with Crippen molar-refractivity contribution in [1.82, 2.24) is 5.32 Å². The fraction of sp³-hybridized carbons (Fsp3) is 0.400. The molecule has 0 aromatic heterocycles. The summed E-state index contributed by atoms with van der Waals surface area (Å²) in [5.74, 6) is 1.78. The second kappa shape index (κ2) is 3.68. The van der Waals surface area contributed by atoms with E-state index in [-0.39, 0.29) is 5.82 Å². The van der Waals surface area contributed by atoms with Crippen molar-refractivity contribution in [3.8, 4) is 0 Å². The minimum Gasteiger partial charge on any atom is -0.312 e. The third-order valence-electron chi connectivity index (χ3n) is 2.41. The Balaban J connectivity index is 2.45. The van der Waals surface area contributed by atoms with Gasteiger partial charge in [0.2, 0.25) is 0 Å². The van der Waals surface area contributed by atoms with Gasteiger partial charge in [0.05, 0.1) is 0 Å². The van der Waals surface area contributed by atoms with Gasteiger partial charge in [-0.2, -0.15) is 11.8 Å². The van der Waals surface area contributed by atoms with Gasteiger partial charge in [0.1, 0.15) is 5.82 Å². The van der Waals surface area contributed by atoms with Crippen LogP contribution in [-0.2, 0) is 5.75 Å². The van der Waals surface area contributed by atoms with Crippen LogP contribution in [0.3, 0.4) is 0 Å². The van der Waals surface area contributed by atoms with E-state index >= 15 is 0 Å². The first-order chi connectivity index (χ1) is 6.33. The lowest BCUT2D eigenvalue weighted by Gasteiger charge is -2.24. The fourth-order valence-electron chi connectivity index (χ4n) is 1.66. The Kier molecular flexibility index (Phi) is 2.56. The summed E-state index contributed by atoms with van der Waals surface area (Å²) in [4.78, 5) is 0. The van der Waals surface area contributed by atoms with Crippen molar-refractivity contribution < 1.29 is 4.39 Å². The first kappa shape index (κ1) is 9.03. The molecule has 0 bridgehead atoms. The molecule has 1 heterocycles. The van der Waals surface area contributed by atoms with Gasteiger partial charge in [0.15, 0.2) is 0 Å². The Hall–Kier alpha value is -0.540. The van der Waals surface area contributed by atoms with E-state index in [0.717, 1.165) is 22.6 Å². The number of hydrogen-bond donors (Lipinski definition) is 1. The van der Waals surface area contributed by atoms with Crippen LogP contribution >= 0.6 is 11.8 Å². The number of thioether (sulfide) groups is 1. The number of halogens is 1. The molecule has 1 aromatic carbocycles. The molecule has 2 rings (SSSR count). The van der Waals surface area contributed by atoms with Gasteiger partial charge in [-0.15, -0.1) is 0 Å². The van der Waals surface area contributed by atoms with Crippen molar-refractivity contribution in [3.63, 3.8) is 0 Å². The number of hydrogen-bond acceptors (Lipinski definition) is 2. The number of nitrogens with one attached hydrogen (secondary N) is 1. The van der Waals surface area contributed by atoms with Crippen LogP contribution in [0, 0.1) is 5.82 Å². The molecule has 1 aliphatic rings. The standard InChI is InChI=1S/C10H12FNS/c1-12-10-6-13-5-8-7(10)3-2-4-9(8)11/h2-4,10,12H,5-6H2,1H3. The summed E-state index contributed by atoms with van der Waals surface area (Å²) in [6, 6.07) is 5.65. The van der Waals surface area contributed by atoms with E-state index in [2.05, 4.69) is 5.32 Å². The second-order valence-corrected chi connectivity index (χ2v) is 4.19. The van der Waals surface area contributed by atoms with Crippen LogP contribution in [0.25, 0.3) is 0 Å². The van der Waals surface area contributed by atoms with Crippen LogP contribution in [-0.4, -0.2) is 12.8 Å². The van der Waals surface area contributed by atoms with Gasteiger partial charge in [-0.3, -0.25) is 0 Å². The van der Waals surface area contributed by atoms with Crippen LogP contribution < -0.4 is 5.32 Å². The van der Waals surface area contributed by atoms with Crippen LogP contribution in [0.4, 0.5) is 4.39 Å². The van der Waals surface area contributed by atoms with Gasteiger partial charge >= 0.3 is 0 Å². The number of benzene rings is 1. The van der Waals surface area contributed by atoms with Crippen LogP contribution in [0.1, 0.15) is 17.2 Å². The number of rotatable bonds is 1. The summed E-state index contributed by atoms with van der Waals surface area (Å²) in [7, 11) is 1.92. The Bertz CT molecular complexity index is 314. The number of fused-ring (bicyclic) bond motifs is 1. The molecule has 0 aliphatic carbocycles. The minimum absolute atomic E-state index is 0.0649. The lowest BCUT2D eigenvalue weighted by Crippen LogP contribution is -2.23. The van der Waals surface area contributed by atoms with Gasteiger partial charge in [0.25, 0.3) is 0 Å².